The van der Waals surface area contributed by atoms with Crippen molar-refractivity contribution in [2.45, 2.75) is 6.42 Å². The topological polar surface area (TPSA) is 95.5 Å². The molecule has 0 spiro atoms. The second kappa shape index (κ2) is 5.88. The minimum absolute atomic E-state index is 0.00484. The van der Waals surface area contributed by atoms with Crippen LogP contribution in [0.2, 0.25) is 0 Å². The zero-order chi connectivity index (χ0) is 16.4. The SMILES string of the molecule is COC(=O)Cc1ccc2oc(-c3ccc([N+](=O)[O-])cc3)nc2c1. The fraction of sp³-hybridized carbons (Fsp3) is 0.125. The lowest BCUT2D eigenvalue weighted by Crippen LogP contribution is -2.04. The molecule has 0 atom stereocenters. The average Bonchev–Trinajstić information content (AvgIpc) is 2.98. The maximum Gasteiger partial charge on any atom is 0.309 e. The van der Waals surface area contributed by atoms with Crippen molar-refractivity contribution < 1.29 is 18.9 Å². The minimum Gasteiger partial charge on any atom is -0.469 e. The third kappa shape index (κ3) is 3.03. The number of fused-ring (bicyclic) bond motifs is 1. The Morgan fingerprint density at radius 1 is 1.26 bits per heavy atom. The summed E-state index contributed by atoms with van der Waals surface area (Å²) in [7, 11) is 1.34. The first-order valence-corrected chi connectivity index (χ1v) is 6.78. The summed E-state index contributed by atoms with van der Waals surface area (Å²) >= 11 is 0. The number of nitro benzene ring substituents is 1. The molecular weight excluding hydrogens is 300 g/mol. The molecule has 0 bridgehead atoms. The number of nitro groups is 1. The number of nitrogens with zero attached hydrogens (tertiary/aromatic N) is 2. The highest BCUT2D eigenvalue weighted by Crippen LogP contribution is 2.26. The molecule has 3 rings (SSSR count). The average molecular weight is 312 g/mol. The summed E-state index contributed by atoms with van der Waals surface area (Å²) in [6.07, 6.45) is 0.159. The third-order valence-corrected chi connectivity index (χ3v) is 3.35. The van der Waals surface area contributed by atoms with Crippen LogP contribution in [0.1, 0.15) is 5.56 Å². The Balaban J connectivity index is 1.93. The van der Waals surface area contributed by atoms with Crippen LogP contribution in [0, 0.1) is 10.1 Å². The summed E-state index contributed by atoms with van der Waals surface area (Å²) in [6.45, 7) is 0. The molecule has 23 heavy (non-hydrogen) atoms. The van der Waals surface area contributed by atoms with E-state index in [-0.39, 0.29) is 18.1 Å². The molecule has 1 heterocycles. The van der Waals surface area contributed by atoms with Gasteiger partial charge in [0.05, 0.1) is 18.5 Å². The monoisotopic (exact) mass is 312 g/mol. The van der Waals surface area contributed by atoms with Crippen LogP contribution in [0.5, 0.6) is 0 Å². The number of oxazole rings is 1. The molecule has 116 valence electrons. The molecular formula is C16H12N2O5. The molecule has 7 heteroatoms. The molecule has 2 aromatic carbocycles. The van der Waals surface area contributed by atoms with E-state index in [0.29, 0.717) is 22.6 Å². The molecule has 3 aromatic rings. The maximum atomic E-state index is 11.3. The van der Waals surface area contributed by atoms with Gasteiger partial charge < -0.3 is 9.15 Å². The molecule has 0 radical (unpaired) electrons. The van der Waals surface area contributed by atoms with Crippen molar-refractivity contribution in [2.24, 2.45) is 0 Å². The number of ether oxygens (including phenoxy) is 1. The van der Waals surface area contributed by atoms with Crippen LogP contribution in [-0.2, 0) is 16.0 Å². The fourth-order valence-electron chi connectivity index (χ4n) is 2.17. The van der Waals surface area contributed by atoms with Crippen molar-refractivity contribution in [3.05, 3.63) is 58.1 Å². The predicted molar refractivity (Wildman–Crippen MR) is 81.8 cm³/mol. The van der Waals surface area contributed by atoms with Gasteiger partial charge >= 0.3 is 5.97 Å². The van der Waals surface area contributed by atoms with Gasteiger partial charge in [-0.05, 0) is 29.8 Å². The van der Waals surface area contributed by atoms with Crippen molar-refractivity contribution in [3.63, 3.8) is 0 Å². The van der Waals surface area contributed by atoms with E-state index in [1.165, 1.54) is 19.2 Å². The quantitative estimate of drug-likeness (QED) is 0.417. The van der Waals surface area contributed by atoms with Gasteiger partial charge in [-0.2, -0.15) is 0 Å². The van der Waals surface area contributed by atoms with Gasteiger partial charge in [0.2, 0.25) is 5.89 Å². The summed E-state index contributed by atoms with van der Waals surface area (Å²) in [5.41, 5.74) is 2.60. The molecule has 0 N–H and O–H groups in total. The number of hydrogen-bond donors (Lipinski definition) is 0. The minimum atomic E-state index is -0.463. The van der Waals surface area contributed by atoms with Crippen LogP contribution in [-0.4, -0.2) is 23.0 Å². The highest BCUT2D eigenvalue weighted by Gasteiger charge is 2.12. The highest BCUT2D eigenvalue weighted by atomic mass is 16.6. The summed E-state index contributed by atoms with van der Waals surface area (Å²) < 4.78 is 10.3. The Morgan fingerprint density at radius 2 is 2.00 bits per heavy atom. The van der Waals surface area contributed by atoms with Gasteiger partial charge in [0, 0.05) is 17.7 Å². The lowest BCUT2D eigenvalue weighted by Gasteiger charge is -1.98. The molecule has 0 amide bonds. The van der Waals surface area contributed by atoms with Crippen LogP contribution < -0.4 is 0 Å². The number of benzene rings is 2. The molecule has 0 fully saturated rings. The first-order valence-electron chi connectivity index (χ1n) is 6.78. The lowest BCUT2D eigenvalue weighted by molar-refractivity contribution is -0.384. The number of carbonyl (C=O) groups excluding carboxylic acids is 1. The van der Waals surface area contributed by atoms with Crippen molar-refractivity contribution in [3.8, 4) is 11.5 Å². The van der Waals surface area contributed by atoms with Gasteiger partial charge in [0.25, 0.3) is 5.69 Å². The molecule has 0 aliphatic rings. The second-order valence-electron chi connectivity index (χ2n) is 4.88. The van der Waals surface area contributed by atoms with Crippen LogP contribution in [0.25, 0.3) is 22.6 Å². The van der Waals surface area contributed by atoms with Crippen LogP contribution >= 0.6 is 0 Å². The van der Waals surface area contributed by atoms with Crippen molar-refractivity contribution in [1.29, 1.82) is 0 Å². The van der Waals surface area contributed by atoms with Gasteiger partial charge in [-0.15, -0.1) is 0 Å². The van der Waals surface area contributed by atoms with Gasteiger partial charge in [-0.1, -0.05) is 6.07 Å². The Kier molecular flexibility index (Phi) is 3.76. The van der Waals surface area contributed by atoms with Crippen molar-refractivity contribution in [2.75, 3.05) is 7.11 Å². The lowest BCUT2D eigenvalue weighted by atomic mass is 10.1. The normalized spacial score (nSPS) is 10.7. The summed E-state index contributed by atoms with van der Waals surface area (Å²) in [4.78, 5) is 25.9. The molecule has 0 aliphatic carbocycles. The number of non-ortho nitro benzene ring substituents is 1. The second-order valence-corrected chi connectivity index (χ2v) is 4.88. The molecule has 1 aromatic heterocycles. The Bertz CT molecular complexity index is 883. The van der Waals surface area contributed by atoms with Crippen molar-refractivity contribution in [1.82, 2.24) is 4.98 Å². The third-order valence-electron chi connectivity index (χ3n) is 3.35. The fourth-order valence-corrected chi connectivity index (χ4v) is 2.17. The standard InChI is InChI=1S/C16H12N2O5/c1-22-15(19)9-10-2-7-14-13(8-10)17-16(23-14)11-3-5-12(6-4-11)18(20)21/h2-8H,9H2,1H3. The Hall–Kier alpha value is -3.22. The van der Waals surface area contributed by atoms with E-state index in [1.54, 1.807) is 30.3 Å². The van der Waals surface area contributed by atoms with Gasteiger partial charge in [-0.25, -0.2) is 4.98 Å². The van der Waals surface area contributed by atoms with E-state index < -0.39 is 4.92 Å². The molecule has 0 aliphatic heterocycles. The smallest absolute Gasteiger partial charge is 0.309 e. The summed E-state index contributed by atoms with van der Waals surface area (Å²) in [6, 6.07) is 11.2. The molecule has 7 nitrogen and oxygen atoms in total. The number of aromatic nitrogens is 1. The van der Waals surface area contributed by atoms with Crippen LogP contribution in [0.4, 0.5) is 5.69 Å². The van der Waals surface area contributed by atoms with Gasteiger partial charge in [-0.3, -0.25) is 14.9 Å². The first kappa shape index (κ1) is 14.7. The zero-order valence-corrected chi connectivity index (χ0v) is 12.2. The number of rotatable bonds is 4. The van der Waals surface area contributed by atoms with Crippen LogP contribution in [0.3, 0.4) is 0 Å². The largest absolute Gasteiger partial charge is 0.469 e. The number of carbonyl (C=O) groups is 1. The number of methoxy groups -OCH3 is 1. The molecule has 0 saturated carbocycles. The van der Waals surface area contributed by atoms with E-state index in [2.05, 4.69) is 9.72 Å². The Morgan fingerprint density at radius 3 is 2.65 bits per heavy atom. The summed E-state index contributed by atoms with van der Waals surface area (Å²) in [5.74, 6) is 0.0357. The highest BCUT2D eigenvalue weighted by molar-refractivity contribution is 5.79. The van der Waals surface area contributed by atoms with Crippen LogP contribution in [0.15, 0.2) is 46.9 Å². The number of hydrogen-bond acceptors (Lipinski definition) is 6. The van der Waals surface area contributed by atoms with Gasteiger partial charge in [0.1, 0.15) is 5.52 Å². The molecule has 0 unspecified atom stereocenters. The van der Waals surface area contributed by atoms with E-state index in [4.69, 9.17) is 4.42 Å². The van der Waals surface area contributed by atoms with E-state index >= 15 is 0 Å². The van der Waals surface area contributed by atoms with Gasteiger partial charge in [0.15, 0.2) is 5.58 Å². The maximum absolute atomic E-state index is 11.3. The first-order chi connectivity index (χ1) is 11.1. The zero-order valence-electron chi connectivity index (χ0n) is 12.2. The van der Waals surface area contributed by atoms with E-state index in [1.807, 2.05) is 0 Å². The predicted octanol–water partition coefficient (Wildman–Crippen LogP) is 3.12. The molecule has 0 saturated heterocycles. The Labute approximate surface area is 130 Å². The number of esters is 1. The summed E-state index contributed by atoms with van der Waals surface area (Å²) in [5, 5.41) is 10.7. The van der Waals surface area contributed by atoms with E-state index in [9.17, 15) is 14.9 Å². The van der Waals surface area contributed by atoms with E-state index in [0.717, 1.165) is 5.56 Å². The van der Waals surface area contributed by atoms with Crippen molar-refractivity contribution >= 4 is 22.8 Å².